The van der Waals surface area contributed by atoms with Gasteiger partial charge in [-0.1, -0.05) is 11.3 Å². The second-order valence-corrected chi connectivity index (χ2v) is 4.39. The molecule has 0 aliphatic rings. The van der Waals surface area contributed by atoms with Crippen LogP contribution in [0.5, 0.6) is 0 Å². The van der Waals surface area contributed by atoms with Crippen molar-refractivity contribution in [3.05, 3.63) is 24.8 Å². The van der Waals surface area contributed by atoms with Crippen molar-refractivity contribution >= 4 is 43.1 Å². The summed E-state index contributed by atoms with van der Waals surface area (Å²) in [6.45, 7) is 0. The Morgan fingerprint density at radius 2 is 1.62 bits per heavy atom. The van der Waals surface area contributed by atoms with E-state index in [1.54, 1.807) is 36.1 Å². The highest BCUT2D eigenvalue weighted by Gasteiger charge is 2.13. The van der Waals surface area contributed by atoms with Crippen LogP contribution in [0, 0.1) is 0 Å². The van der Waals surface area contributed by atoms with Crippen molar-refractivity contribution in [2.45, 2.75) is 0 Å². The molecule has 6 heteroatoms. The second kappa shape index (κ2) is 2.73. The Hall–Kier alpha value is -2.08. The van der Waals surface area contributed by atoms with Gasteiger partial charge in [-0.05, 0) is 0 Å². The number of nitrogens with zero attached hydrogens (tertiary/aromatic N) is 4. The Labute approximate surface area is 93.2 Å². The van der Waals surface area contributed by atoms with Gasteiger partial charge < -0.3 is 4.98 Å². The van der Waals surface area contributed by atoms with Crippen LogP contribution in [0.15, 0.2) is 24.8 Å². The van der Waals surface area contributed by atoms with Gasteiger partial charge in [-0.2, -0.15) is 0 Å². The molecule has 0 saturated heterocycles. The molecule has 0 saturated carbocycles. The fraction of sp³-hybridized carbons (Fsp3) is 0. The Morgan fingerprint density at radius 1 is 0.875 bits per heavy atom. The van der Waals surface area contributed by atoms with Gasteiger partial charge in [0.2, 0.25) is 0 Å². The van der Waals surface area contributed by atoms with Gasteiger partial charge in [0.25, 0.3) is 0 Å². The first-order valence-corrected chi connectivity index (χ1v) is 5.57. The Morgan fingerprint density at radius 3 is 2.56 bits per heavy atom. The van der Waals surface area contributed by atoms with Crippen LogP contribution in [0.3, 0.4) is 0 Å². The van der Waals surface area contributed by atoms with Gasteiger partial charge in [-0.25, -0.2) is 9.97 Å². The van der Waals surface area contributed by atoms with Gasteiger partial charge in [0.1, 0.15) is 20.7 Å². The summed E-state index contributed by atoms with van der Waals surface area (Å²) in [6.07, 6.45) is 6.76. The first kappa shape index (κ1) is 8.12. The molecule has 0 aliphatic heterocycles. The minimum absolute atomic E-state index is 0.802. The van der Waals surface area contributed by atoms with Crippen LogP contribution in [0.1, 0.15) is 0 Å². The normalized spacial score (nSPS) is 11.8. The molecule has 4 rings (SSSR count). The topological polar surface area (TPSA) is 67.3 Å². The molecule has 0 amide bonds. The summed E-state index contributed by atoms with van der Waals surface area (Å²) in [4.78, 5) is 22.4. The van der Waals surface area contributed by atoms with Crippen molar-refractivity contribution in [3.63, 3.8) is 0 Å². The number of rotatable bonds is 0. The molecule has 0 bridgehead atoms. The van der Waals surface area contributed by atoms with E-state index in [4.69, 9.17) is 0 Å². The molecular formula is C10H5N5S. The SMILES string of the molecule is c1cnc2c(n1)[nH]c1sc3nccnc3c12. The third-order valence-corrected chi connectivity index (χ3v) is 3.50. The number of hydrogen-bond donors (Lipinski definition) is 1. The summed E-state index contributed by atoms with van der Waals surface area (Å²) in [6, 6.07) is 0. The average molecular weight is 227 g/mol. The van der Waals surface area contributed by atoms with Gasteiger partial charge in [0.05, 0.1) is 5.39 Å². The number of nitrogens with one attached hydrogen (secondary N) is 1. The molecule has 16 heavy (non-hydrogen) atoms. The van der Waals surface area contributed by atoms with E-state index in [1.807, 2.05) is 0 Å². The summed E-state index contributed by atoms with van der Waals surface area (Å²) in [7, 11) is 0. The van der Waals surface area contributed by atoms with Crippen LogP contribution in [-0.2, 0) is 0 Å². The van der Waals surface area contributed by atoms with Crippen LogP contribution >= 0.6 is 11.3 Å². The first-order valence-electron chi connectivity index (χ1n) is 4.75. The fourth-order valence-electron chi connectivity index (χ4n) is 1.85. The maximum absolute atomic E-state index is 4.35. The third kappa shape index (κ3) is 0.892. The summed E-state index contributed by atoms with van der Waals surface area (Å²) in [5, 5.41) is 1.02. The van der Waals surface area contributed by atoms with Crippen LogP contribution in [0.4, 0.5) is 0 Å². The highest BCUT2D eigenvalue weighted by Crippen LogP contribution is 2.34. The number of thiophene rings is 1. The van der Waals surface area contributed by atoms with Crippen LogP contribution < -0.4 is 0 Å². The van der Waals surface area contributed by atoms with Gasteiger partial charge in [0, 0.05) is 24.8 Å². The number of aromatic amines is 1. The molecule has 5 nitrogen and oxygen atoms in total. The summed E-state index contributed by atoms with van der Waals surface area (Å²) >= 11 is 1.58. The molecule has 0 atom stereocenters. The van der Waals surface area contributed by atoms with Crippen molar-refractivity contribution in [2.75, 3.05) is 0 Å². The number of hydrogen-bond acceptors (Lipinski definition) is 5. The van der Waals surface area contributed by atoms with E-state index in [0.717, 1.165) is 31.7 Å². The Kier molecular flexibility index (Phi) is 1.39. The predicted molar refractivity (Wildman–Crippen MR) is 62.4 cm³/mol. The van der Waals surface area contributed by atoms with Crippen molar-refractivity contribution in [3.8, 4) is 0 Å². The maximum atomic E-state index is 4.35. The van der Waals surface area contributed by atoms with Gasteiger partial charge in [-0.3, -0.25) is 9.97 Å². The lowest BCUT2D eigenvalue weighted by molar-refractivity contribution is 1.27. The average Bonchev–Trinajstić information content (AvgIpc) is 2.83. The van der Waals surface area contributed by atoms with Crippen molar-refractivity contribution < 1.29 is 0 Å². The monoisotopic (exact) mass is 227 g/mol. The molecule has 0 aromatic carbocycles. The molecule has 76 valence electrons. The van der Waals surface area contributed by atoms with Crippen LogP contribution in [0.2, 0.25) is 0 Å². The quantitative estimate of drug-likeness (QED) is 0.499. The second-order valence-electron chi connectivity index (χ2n) is 3.39. The van der Waals surface area contributed by atoms with Crippen molar-refractivity contribution in [1.29, 1.82) is 0 Å². The molecule has 1 N–H and O–H groups in total. The molecule has 0 unspecified atom stereocenters. The number of H-pyrrole nitrogens is 1. The van der Waals surface area contributed by atoms with Crippen molar-refractivity contribution in [1.82, 2.24) is 24.9 Å². The molecule has 0 fully saturated rings. The smallest absolute Gasteiger partial charge is 0.157 e. The zero-order valence-electron chi connectivity index (χ0n) is 8.01. The van der Waals surface area contributed by atoms with E-state index in [0.29, 0.717) is 0 Å². The lowest BCUT2D eigenvalue weighted by Gasteiger charge is -1.88. The van der Waals surface area contributed by atoms with E-state index in [9.17, 15) is 0 Å². The van der Waals surface area contributed by atoms with E-state index < -0.39 is 0 Å². The zero-order chi connectivity index (χ0) is 10.5. The Balaban J connectivity index is 2.38. The predicted octanol–water partition coefficient (Wildman–Crippen LogP) is 2.12. The van der Waals surface area contributed by atoms with E-state index >= 15 is 0 Å². The minimum Gasteiger partial charge on any atom is -0.329 e. The number of aromatic nitrogens is 5. The molecule has 0 radical (unpaired) electrons. The van der Waals surface area contributed by atoms with E-state index in [1.165, 1.54) is 0 Å². The minimum atomic E-state index is 0.802. The summed E-state index contributed by atoms with van der Waals surface area (Å²) in [5.41, 5.74) is 2.56. The first-order chi connectivity index (χ1) is 7.93. The molecule has 0 aliphatic carbocycles. The van der Waals surface area contributed by atoms with Gasteiger partial charge >= 0.3 is 0 Å². The molecule has 4 heterocycles. The van der Waals surface area contributed by atoms with E-state index in [2.05, 4.69) is 24.9 Å². The van der Waals surface area contributed by atoms with Crippen molar-refractivity contribution in [2.24, 2.45) is 0 Å². The van der Waals surface area contributed by atoms with Gasteiger partial charge in [0.15, 0.2) is 5.65 Å². The molecule has 4 aromatic rings. The standard InChI is InChI=1S/C10H5N5S/c1-3-13-8-6(11-1)5-7-10(14-4-2-12-7)16-9(5)15-8/h1-4H,(H,13,15). The lowest BCUT2D eigenvalue weighted by atomic mass is 10.3. The highest BCUT2D eigenvalue weighted by molar-refractivity contribution is 7.25. The van der Waals surface area contributed by atoms with Crippen LogP contribution in [0.25, 0.3) is 31.7 Å². The highest BCUT2D eigenvalue weighted by atomic mass is 32.1. The van der Waals surface area contributed by atoms with Crippen LogP contribution in [-0.4, -0.2) is 24.9 Å². The fourth-order valence-corrected chi connectivity index (χ4v) is 2.86. The molecule has 0 spiro atoms. The lowest BCUT2D eigenvalue weighted by Crippen LogP contribution is -1.79. The largest absolute Gasteiger partial charge is 0.329 e. The number of fused-ring (bicyclic) bond motifs is 5. The molecule has 4 aromatic heterocycles. The maximum Gasteiger partial charge on any atom is 0.157 e. The third-order valence-electron chi connectivity index (χ3n) is 2.49. The zero-order valence-corrected chi connectivity index (χ0v) is 8.82. The summed E-state index contributed by atoms with van der Waals surface area (Å²) in [5.74, 6) is 0. The Bertz CT molecular complexity index is 750. The van der Waals surface area contributed by atoms with Gasteiger partial charge in [-0.15, -0.1) is 0 Å². The summed E-state index contributed by atoms with van der Waals surface area (Å²) < 4.78 is 0. The van der Waals surface area contributed by atoms with E-state index in [-0.39, 0.29) is 0 Å². The molecular weight excluding hydrogens is 222 g/mol.